The van der Waals surface area contributed by atoms with Crippen molar-refractivity contribution in [1.82, 2.24) is 4.98 Å². The van der Waals surface area contributed by atoms with Gasteiger partial charge in [0.1, 0.15) is 11.3 Å². The molecule has 118 valence electrons. The molecule has 3 rings (SSSR count). The Bertz CT molecular complexity index is 949. The lowest BCUT2D eigenvalue weighted by Crippen LogP contribution is -2.23. The maximum absolute atomic E-state index is 12.2. The molecular weight excluding hydrogens is 384 g/mol. The predicted molar refractivity (Wildman–Crippen MR) is 88.8 cm³/mol. The molecule has 0 aliphatic heterocycles. The van der Waals surface area contributed by atoms with Crippen molar-refractivity contribution in [1.29, 1.82) is 0 Å². The number of carbonyl (C=O) groups excluding carboxylic acids is 1. The number of benzene rings is 2. The monoisotopic (exact) mass is 394 g/mol. The summed E-state index contributed by atoms with van der Waals surface area (Å²) < 4.78 is 30.5. The van der Waals surface area contributed by atoms with Gasteiger partial charge in [-0.1, -0.05) is 34.1 Å². The number of sulfone groups is 1. The van der Waals surface area contributed by atoms with Crippen LogP contribution in [0.25, 0.3) is 11.1 Å². The number of hydrogen-bond donors (Lipinski definition) is 1. The zero-order valence-electron chi connectivity index (χ0n) is 11.7. The zero-order chi connectivity index (χ0) is 16.4. The first-order valence-electron chi connectivity index (χ1n) is 6.58. The Morgan fingerprint density at radius 1 is 1.17 bits per heavy atom. The average Bonchev–Trinajstić information content (AvgIpc) is 2.91. The van der Waals surface area contributed by atoms with Gasteiger partial charge in [-0.05, 0) is 30.3 Å². The highest BCUT2D eigenvalue weighted by atomic mass is 79.9. The standard InChI is InChI=1S/C15H11BrN2O4S/c16-10-4-3-5-11(8-10)17-14(19)9-23(20,21)15-18-12-6-1-2-7-13(12)22-15/h1-8H,9H2,(H,17,19). The molecule has 0 radical (unpaired) electrons. The van der Waals surface area contributed by atoms with E-state index in [1.54, 1.807) is 48.5 Å². The quantitative estimate of drug-likeness (QED) is 0.734. The van der Waals surface area contributed by atoms with E-state index in [1.807, 2.05) is 0 Å². The fraction of sp³-hybridized carbons (Fsp3) is 0.0667. The Morgan fingerprint density at radius 3 is 2.70 bits per heavy atom. The minimum absolute atomic E-state index is 0.360. The third kappa shape index (κ3) is 3.59. The Morgan fingerprint density at radius 2 is 1.96 bits per heavy atom. The van der Waals surface area contributed by atoms with Gasteiger partial charge in [-0.15, -0.1) is 0 Å². The second kappa shape index (κ2) is 6.13. The largest absolute Gasteiger partial charge is 0.428 e. The number of hydrogen-bond acceptors (Lipinski definition) is 5. The molecule has 0 aliphatic rings. The van der Waals surface area contributed by atoms with E-state index < -0.39 is 26.7 Å². The van der Waals surface area contributed by atoms with E-state index >= 15 is 0 Å². The van der Waals surface area contributed by atoms with E-state index in [4.69, 9.17) is 4.42 Å². The fourth-order valence-corrected chi connectivity index (χ4v) is 3.38. The van der Waals surface area contributed by atoms with Gasteiger partial charge in [0.25, 0.3) is 0 Å². The van der Waals surface area contributed by atoms with Gasteiger partial charge in [-0.2, -0.15) is 4.98 Å². The first kappa shape index (κ1) is 15.7. The molecular formula is C15H11BrN2O4S. The van der Waals surface area contributed by atoms with Crippen LogP contribution >= 0.6 is 15.9 Å². The van der Waals surface area contributed by atoms with Gasteiger partial charge >= 0.3 is 5.22 Å². The second-order valence-corrected chi connectivity index (χ2v) is 7.55. The van der Waals surface area contributed by atoms with Crippen LogP contribution in [0.5, 0.6) is 0 Å². The topological polar surface area (TPSA) is 89.3 Å². The summed E-state index contributed by atoms with van der Waals surface area (Å²) in [5.74, 6) is -1.41. The Balaban J connectivity index is 1.79. The van der Waals surface area contributed by atoms with Gasteiger partial charge in [-0.3, -0.25) is 4.79 Å². The fourth-order valence-electron chi connectivity index (χ4n) is 1.98. The zero-order valence-corrected chi connectivity index (χ0v) is 14.1. The predicted octanol–water partition coefficient (Wildman–Crippen LogP) is 3.00. The number of carbonyl (C=O) groups is 1. The highest BCUT2D eigenvalue weighted by Crippen LogP contribution is 2.20. The van der Waals surface area contributed by atoms with Crippen molar-refractivity contribution in [3.63, 3.8) is 0 Å². The summed E-state index contributed by atoms with van der Waals surface area (Å²) >= 11 is 3.28. The highest BCUT2D eigenvalue weighted by molar-refractivity contribution is 9.10. The number of para-hydroxylation sites is 2. The highest BCUT2D eigenvalue weighted by Gasteiger charge is 2.25. The van der Waals surface area contributed by atoms with E-state index in [-0.39, 0.29) is 0 Å². The van der Waals surface area contributed by atoms with Crippen molar-refractivity contribution in [2.75, 3.05) is 11.1 Å². The number of nitrogens with zero attached hydrogens (tertiary/aromatic N) is 1. The second-order valence-electron chi connectivity index (χ2n) is 4.77. The number of halogens is 1. The summed E-state index contributed by atoms with van der Waals surface area (Å²) in [7, 11) is -3.95. The molecule has 0 bridgehead atoms. The summed E-state index contributed by atoms with van der Waals surface area (Å²) in [5, 5.41) is 2.07. The van der Waals surface area contributed by atoms with E-state index in [1.165, 1.54) is 0 Å². The Kier molecular flexibility index (Phi) is 4.18. The Labute approximate surface area is 140 Å². The molecule has 1 aromatic heterocycles. The van der Waals surface area contributed by atoms with Crippen molar-refractivity contribution < 1.29 is 17.6 Å². The molecule has 6 nitrogen and oxygen atoms in total. The van der Waals surface area contributed by atoms with Crippen LogP contribution in [0.2, 0.25) is 0 Å². The maximum Gasteiger partial charge on any atom is 0.316 e. The van der Waals surface area contributed by atoms with Crippen molar-refractivity contribution in [3.8, 4) is 0 Å². The van der Waals surface area contributed by atoms with Crippen molar-refractivity contribution in [2.24, 2.45) is 0 Å². The van der Waals surface area contributed by atoms with Crippen molar-refractivity contribution in [2.45, 2.75) is 5.22 Å². The van der Waals surface area contributed by atoms with E-state index in [2.05, 4.69) is 26.2 Å². The first-order chi connectivity index (χ1) is 10.9. The Hall–Kier alpha value is -2.19. The average molecular weight is 395 g/mol. The van der Waals surface area contributed by atoms with E-state index in [9.17, 15) is 13.2 Å². The molecule has 0 spiro atoms. The van der Waals surface area contributed by atoms with E-state index in [0.29, 0.717) is 16.8 Å². The molecule has 2 aromatic carbocycles. The molecule has 3 aromatic rings. The number of nitrogens with one attached hydrogen (secondary N) is 1. The number of oxazole rings is 1. The van der Waals surface area contributed by atoms with Crippen LogP contribution in [0.1, 0.15) is 0 Å². The van der Waals surface area contributed by atoms with Crippen molar-refractivity contribution in [3.05, 3.63) is 53.0 Å². The molecule has 0 aliphatic carbocycles. The number of aromatic nitrogens is 1. The summed E-state index contributed by atoms with van der Waals surface area (Å²) in [6.07, 6.45) is 0. The minimum atomic E-state index is -3.95. The normalized spacial score (nSPS) is 11.5. The smallest absolute Gasteiger partial charge is 0.316 e. The number of amides is 1. The third-order valence-corrected chi connectivity index (χ3v) is 4.81. The molecule has 23 heavy (non-hydrogen) atoms. The van der Waals surface area contributed by atoms with Crippen LogP contribution in [0, 0.1) is 0 Å². The molecule has 0 unspecified atom stereocenters. The van der Waals surface area contributed by atoms with Gasteiger partial charge in [0.2, 0.25) is 15.7 Å². The molecule has 0 fully saturated rings. The van der Waals surface area contributed by atoms with Gasteiger partial charge in [0, 0.05) is 10.2 Å². The molecule has 1 heterocycles. The lowest BCUT2D eigenvalue weighted by Gasteiger charge is -2.04. The molecule has 0 saturated heterocycles. The van der Waals surface area contributed by atoms with Gasteiger partial charge < -0.3 is 9.73 Å². The maximum atomic E-state index is 12.2. The molecule has 1 N–H and O–H groups in total. The lowest BCUT2D eigenvalue weighted by atomic mass is 10.3. The number of rotatable bonds is 4. The van der Waals surface area contributed by atoms with Gasteiger partial charge in [0.15, 0.2) is 5.58 Å². The summed E-state index contributed by atoms with van der Waals surface area (Å²) in [5.41, 5.74) is 1.29. The SMILES string of the molecule is O=C(CS(=O)(=O)c1nc2ccccc2o1)Nc1cccc(Br)c1. The number of fused-ring (bicyclic) bond motifs is 1. The number of anilines is 1. The molecule has 8 heteroatoms. The van der Waals surface area contributed by atoms with Crippen LogP contribution in [0.15, 0.2) is 62.6 Å². The molecule has 1 amide bonds. The third-order valence-electron chi connectivity index (χ3n) is 2.97. The summed E-state index contributed by atoms with van der Waals surface area (Å²) in [4.78, 5) is 15.9. The van der Waals surface area contributed by atoms with Crippen LogP contribution in [-0.2, 0) is 14.6 Å². The molecule has 0 atom stereocenters. The summed E-state index contributed by atoms with van der Waals surface area (Å²) in [6, 6.07) is 13.5. The lowest BCUT2D eigenvalue weighted by molar-refractivity contribution is -0.113. The first-order valence-corrected chi connectivity index (χ1v) is 9.02. The van der Waals surface area contributed by atoms with Crippen LogP contribution < -0.4 is 5.32 Å². The van der Waals surface area contributed by atoms with Crippen LogP contribution in [-0.4, -0.2) is 25.1 Å². The molecule has 0 saturated carbocycles. The van der Waals surface area contributed by atoms with Gasteiger partial charge in [-0.25, -0.2) is 8.42 Å². The van der Waals surface area contributed by atoms with Crippen molar-refractivity contribution >= 4 is 48.5 Å². The van der Waals surface area contributed by atoms with Crippen LogP contribution in [0.4, 0.5) is 5.69 Å². The van der Waals surface area contributed by atoms with Gasteiger partial charge in [0.05, 0.1) is 0 Å². The minimum Gasteiger partial charge on any atom is -0.428 e. The van der Waals surface area contributed by atoms with E-state index in [0.717, 1.165) is 4.47 Å². The summed E-state index contributed by atoms with van der Waals surface area (Å²) in [6.45, 7) is 0. The van der Waals surface area contributed by atoms with Crippen LogP contribution in [0.3, 0.4) is 0 Å².